The largest absolute Gasteiger partial charge is 0.468 e. The molecule has 2 aliphatic heterocycles. The van der Waals surface area contributed by atoms with Gasteiger partial charge in [-0.15, -0.1) is 0 Å². The fourth-order valence-corrected chi connectivity index (χ4v) is 4.32. The Bertz CT molecular complexity index is 1070. The maximum Gasteiger partial charge on any atom is 0.325 e. The number of esters is 1. The first-order chi connectivity index (χ1) is 13.2. The molecule has 2 aromatic carbocycles. The number of rotatable bonds is 2. The number of benzene rings is 2. The number of aromatic amines is 1. The molecular weight excluding hydrogens is 342 g/mol. The van der Waals surface area contributed by atoms with E-state index in [2.05, 4.69) is 11.1 Å². The molecule has 1 amide bonds. The molecule has 136 valence electrons. The summed E-state index contributed by atoms with van der Waals surface area (Å²) in [5, 5.41) is 1.18. The number of anilines is 1. The van der Waals surface area contributed by atoms with E-state index in [-0.39, 0.29) is 24.6 Å². The second-order valence-corrected chi connectivity index (χ2v) is 6.91. The summed E-state index contributed by atoms with van der Waals surface area (Å²) < 4.78 is 4.93. The van der Waals surface area contributed by atoms with Crippen LogP contribution in [0.3, 0.4) is 0 Å². The van der Waals surface area contributed by atoms with E-state index in [1.54, 1.807) is 0 Å². The van der Waals surface area contributed by atoms with Gasteiger partial charge in [0.15, 0.2) is 0 Å². The van der Waals surface area contributed by atoms with Crippen molar-refractivity contribution in [3.8, 4) is 0 Å². The van der Waals surface area contributed by atoms with Crippen LogP contribution in [0.5, 0.6) is 0 Å². The van der Waals surface area contributed by atoms with Gasteiger partial charge in [-0.1, -0.05) is 30.3 Å². The third kappa shape index (κ3) is 2.26. The first kappa shape index (κ1) is 15.9. The number of H-pyrrole nitrogens is 1. The van der Waals surface area contributed by atoms with Crippen molar-refractivity contribution in [1.82, 2.24) is 9.88 Å². The predicted octanol–water partition coefficient (Wildman–Crippen LogP) is 2.86. The highest BCUT2D eigenvalue weighted by atomic mass is 16.5. The van der Waals surface area contributed by atoms with Crippen LogP contribution in [0.25, 0.3) is 10.9 Å². The van der Waals surface area contributed by atoms with Crippen LogP contribution in [0.4, 0.5) is 5.69 Å². The van der Waals surface area contributed by atoms with Crippen LogP contribution < -0.4 is 4.90 Å². The van der Waals surface area contributed by atoms with Crippen LogP contribution in [-0.2, 0) is 16.0 Å². The van der Waals surface area contributed by atoms with Crippen LogP contribution in [0, 0.1) is 0 Å². The third-order valence-corrected chi connectivity index (χ3v) is 5.53. The summed E-state index contributed by atoms with van der Waals surface area (Å²) in [6.45, 7) is 0.696. The van der Waals surface area contributed by atoms with Crippen molar-refractivity contribution in [2.75, 3.05) is 25.1 Å². The maximum absolute atomic E-state index is 13.1. The quantitative estimate of drug-likeness (QED) is 0.713. The number of hydrogen-bond donors (Lipinski definition) is 1. The minimum absolute atomic E-state index is 0.000946. The monoisotopic (exact) mass is 361 g/mol. The Morgan fingerprint density at radius 1 is 1.19 bits per heavy atom. The van der Waals surface area contributed by atoms with Crippen molar-refractivity contribution < 1.29 is 14.3 Å². The molecule has 3 heterocycles. The normalized spacial score (nSPS) is 18.1. The van der Waals surface area contributed by atoms with Gasteiger partial charge in [-0.25, -0.2) is 0 Å². The first-order valence-corrected chi connectivity index (χ1v) is 9.02. The van der Waals surface area contributed by atoms with Crippen molar-refractivity contribution >= 4 is 28.5 Å². The summed E-state index contributed by atoms with van der Waals surface area (Å²) >= 11 is 0. The number of nitrogens with zero attached hydrogens (tertiary/aromatic N) is 2. The molecule has 1 N–H and O–H groups in total. The number of para-hydroxylation sites is 2. The van der Waals surface area contributed by atoms with Crippen molar-refractivity contribution in [3.05, 3.63) is 65.4 Å². The second kappa shape index (κ2) is 5.87. The maximum atomic E-state index is 13.1. The summed E-state index contributed by atoms with van der Waals surface area (Å²) in [4.78, 5) is 32.6. The molecule has 0 aliphatic carbocycles. The zero-order valence-electron chi connectivity index (χ0n) is 14.9. The van der Waals surface area contributed by atoms with Crippen LogP contribution >= 0.6 is 0 Å². The van der Waals surface area contributed by atoms with Gasteiger partial charge in [0.05, 0.1) is 24.1 Å². The van der Waals surface area contributed by atoms with Crippen LogP contribution in [0.2, 0.25) is 0 Å². The van der Waals surface area contributed by atoms with E-state index < -0.39 is 0 Å². The van der Waals surface area contributed by atoms with Gasteiger partial charge in [0.2, 0.25) is 0 Å². The highest BCUT2D eigenvalue weighted by molar-refractivity contribution is 6.03. The van der Waals surface area contributed by atoms with Crippen LogP contribution in [0.1, 0.15) is 27.8 Å². The fraction of sp³-hybridized carbons (Fsp3) is 0.238. The van der Waals surface area contributed by atoms with E-state index in [1.807, 2.05) is 52.3 Å². The van der Waals surface area contributed by atoms with Crippen molar-refractivity contribution in [3.63, 3.8) is 0 Å². The van der Waals surface area contributed by atoms with Gasteiger partial charge in [0.1, 0.15) is 12.7 Å². The minimum atomic E-state index is -0.345. The van der Waals surface area contributed by atoms with Crippen molar-refractivity contribution in [2.45, 2.75) is 12.6 Å². The molecule has 0 radical (unpaired) electrons. The molecule has 3 aromatic rings. The number of amides is 1. The number of ether oxygens (including phenoxy) is 1. The van der Waals surface area contributed by atoms with Crippen LogP contribution in [-0.4, -0.2) is 42.0 Å². The Hall–Kier alpha value is -3.28. The number of carbonyl (C=O) groups is 2. The number of methoxy groups -OCH3 is 1. The molecule has 0 fully saturated rings. The topological polar surface area (TPSA) is 65.6 Å². The summed E-state index contributed by atoms with van der Waals surface area (Å²) in [7, 11) is 1.39. The average Bonchev–Trinajstić information content (AvgIpc) is 3.09. The highest BCUT2D eigenvalue weighted by Gasteiger charge is 2.43. The van der Waals surface area contributed by atoms with Gasteiger partial charge in [-0.3, -0.25) is 9.59 Å². The lowest BCUT2D eigenvalue weighted by atomic mass is 9.95. The van der Waals surface area contributed by atoms with E-state index in [0.29, 0.717) is 12.1 Å². The second-order valence-electron chi connectivity index (χ2n) is 6.91. The molecule has 6 nitrogen and oxygen atoms in total. The van der Waals surface area contributed by atoms with E-state index in [1.165, 1.54) is 18.1 Å². The lowest BCUT2D eigenvalue weighted by Crippen LogP contribution is -2.53. The summed E-state index contributed by atoms with van der Waals surface area (Å²) in [6, 6.07) is 15.6. The Morgan fingerprint density at radius 2 is 1.96 bits per heavy atom. The minimum Gasteiger partial charge on any atom is -0.468 e. The van der Waals surface area contributed by atoms with Gasteiger partial charge >= 0.3 is 5.97 Å². The lowest BCUT2D eigenvalue weighted by molar-refractivity contribution is -0.139. The average molecular weight is 361 g/mol. The van der Waals surface area contributed by atoms with E-state index in [0.717, 1.165) is 23.3 Å². The molecule has 27 heavy (non-hydrogen) atoms. The molecule has 1 atom stereocenters. The number of hydrogen-bond acceptors (Lipinski definition) is 4. The molecule has 1 aromatic heterocycles. The summed E-state index contributed by atoms with van der Waals surface area (Å²) in [5.41, 5.74) is 4.63. The SMILES string of the molecule is COC(=O)CN1c2ccccc2C(=O)N2CCc3c([nH]c4ccccc34)C21. The number of carbonyl (C=O) groups excluding carboxylic acids is 2. The highest BCUT2D eigenvalue weighted by Crippen LogP contribution is 2.43. The molecule has 1 unspecified atom stereocenters. The van der Waals surface area contributed by atoms with Gasteiger partial charge in [-0.05, 0) is 30.2 Å². The Kier molecular flexibility index (Phi) is 3.47. The molecule has 5 rings (SSSR count). The third-order valence-electron chi connectivity index (χ3n) is 5.53. The van der Waals surface area contributed by atoms with E-state index in [4.69, 9.17) is 4.74 Å². The molecule has 2 aliphatic rings. The van der Waals surface area contributed by atoms with Gasteiger partial charge in [0, 0.05) is 17.4 Å². The number of aromatic nitrogens is 1. The molecule has 6 heteroatoms. The summed E-state index contributed by atoms with van der Waals surface area (Å²) in [6.07, 6.45) is 0.443. The molecule has 0 saturated carbocycles. The van der Waals surface area contributed by atoms with Crippen LogP contribution in [0.15, 0.2) is 48.5 Å². The Morgan fingerprint density at radius 3 is 2.81 bits per heavy atom. The van der Waals surface area contributed by atoms with E-state index >= 15 is 0 Å². The number of nitrogens with one attached hydrogen (secondary N) is 1. The van der Waals surface area contributed by atoms with Gasteiger partial charge in [-0.2, -0.15) is 0 Å². The van der Waals surface area contributed by atoms with Crippen molar-refractivity contribution in [1.29, 1.82) is 0 Å². The first-order valence-electron chi connectivity index (χ1n) is 9.02. The standard InChI is InChI=1S/C21H19N3O3/c1-27-18(25)12-24-17-9-5-3-7-15(17)21(26)23-11-10-14-13-6-2-4-8-16(13)22-19(14)20(23)24/h2-9,20,22H,10-12H2,1H3. The molecule has 0 spiro atoms. The van der Waals surface area contributed by atoms with Gasteiger partial charge in [0.25, 0.3) is 5.91 Å². The Balaban J connectivity index is 1.72. The van der Waals surface area contributed by atoms with Gasteiger partial charge < -0.3 is 19.5 Å². The number of fused-ring (bicyclic) bond motifs is 6. The Labute approximate surface area is 156 Å². The zero-order chi connectivity index (χ0) is 18.5. The predicted molar refractivity (Wildman–Crippen MR) is 102 cm³/mol. The fourth-order valence-electron chi connectivity index (χ4n) is 4.32. The van der Waals surface area contributed by atoms with Crippen molar-refractivity contribution in [2.24, 2.45) is 0 Å². The zero-order valence-corrected chi connectivity index (χ0v) is 14.9. The lowest BCUT2D eigenvalue weighted by Gasteiger charge is -2.47. The molecular formula is C21H19N3O3. The summed E-state index contributed by atoms with van der Waals surface area (Å²) in [5.74, 6) is -0.330. The molecule has 0 bridgehead atoms. The van der Waals surface area contributed by atoms with E-state index in [9.17, 15) is 9.59 Å². The molecule has 0 saturated heterocycles. The smallest absolute Gasteiger partial charge is 0.325 e.